The van der Waals surface area contributed by atoms with Crippen LogP contribution in [0, 0.1) is 3.95 Å². The topological polar surface area (TPSA) is 78.5 Å². The summed E-state index contributed by atoms with van der Waals surface area (Å²) in [6.07, 6.45) is 0. The average molecular weight is 387 g/mol. The van der Waals surface area contributed by atoms with Crippen molar-refractivity contribution < 1.29 is 14.3 Å². The molecule has 6 nitrogen and oxygen atoms in total. The van der Waals surface area contributed by atoms with E-state index in [1.807, 2.05) is 36.4 Å². The van der Waals surface area contributed by atoms with Crippen molar-refractivity contribution in [3.8, 4) is 17.2 Å². The molecule has 1 aromatic heterocycles. The zero-order valence-electron chi connectivity index (χ0n) is 14.2. The van der Waals surface area contributed by atoms with E-state index in [0.29, 0.717) is 31.7 Å². The van der Waals surface area contributed by atoms with E-state index >= 15 is 0 Å². The molecule has 1 amide bonds. The molecule has 26 heavy (non-hydrogen) atoms. The van der Waals surface area contributed by atoms with Gasteiger partial charge in [0.15, 0.2) is 3.95 Å². The molecule has 3 aromatic rings. The van der Waals surface area contributed by atoms with Gasteiger partial charge >= 0.3 is 0 Å². The maximum atomic E-state index is 12.7. The lowest BCUT2D eigenvalue weighted by molar-refractivity contribution is 0.103. The van der Waals surface area contributed by atoms with E-state index in [9.17, 15) is 4.79 Å². The monoisotopic (exact) mass is 387 g/mol. The van der Waals surface area contributed by atoms with E-state index in [-0.39, 0.29) is 11.7 Å². The summed E-state index contributed by atoms with van der Waals surface area (Å²) in [4.78, 5) is 13.1. The fourth-order valence-corrected chi connectivity index (χ4v) is 3.77. The van der Waals surface area contributed by atoms with E-state index in [2.05, 4.69) is 5.32 Å². The lowest BCUT2D eigenvalue weighted by atomic mass is 10.2. The van der Waals surface area contributed by atoms with Crippen molar-refractivity contribution in [3.05, 3.63) is 57.4 Å². The molecule has 0 spiro atoms. The van der Waals surface area contributed by atoms with Crippen molar-refractivity contribution in [3.63, 3.8) is 0 Å². The third-order valence-electron chi connectivity index (χ3n) is 3.73. The standard InChI is InChI=1S/C18H17N3O3S2/c1-23-13-9-5-3-7-11(13)20-17(22)15-16(19)21(18(25)26-15)12-8-4-6-10-14(12)24-2/h3-10H,19H2,1-2H3,(H,20,22). The van der Waals surface area contributed by atoms with Gasteiger partial charge in [-0.15, -0.1) is 0 Å². The van der Waals surface area contributed by atoms with Gasteiger partial charge in [0.05, 0.1) is 25.6 Å². The number of ether oxygens (including phenoxy) is 2. The van der Waals surface area contributed by atoms with Crippen LogP contribution < -0.4 is 20.5 Å². The van der Waals surface area contributed by atoms with Crippen LogP contribution in [-0.4, -0.2) is 24.7 Å². The predicted molar refractivity (Wildman–Crippen MR) is 106 cm³/mol. The van der Waals surface area contributed by atoms with Crippen LogP contribution in [0.1, 0.15) is 9.67 Å². The van der Waals surface area contributed by atoms with E-state index < -0.39 is 0 Å². The molecule has 0 aliphatic carbocycles. The molecule has 0 unspecified atom stereocenters. The highest BCUT2D eigenvalue weighted by atomic mass is 32.1. The second-order valence-corrected chi connectivity index (χ2v) is 6.89. The van der Waals surface area contributed by atoms with Crippen molar-refractivity contribution in [2.24, 2.45) is 0 Å². The highest BCUT2D eigenvalue weighted by Gasteiger charge is 2.20. The Morgan fingerprint density at radius 1 is 1.08 bits per heavy atom. The first-order valence-corrected chi connectivity index (χ1v) is 8.88. The highest BCUT2D eigenvalue weighted by Crippen LogP contribution is 2.32. The molecule has 0 atom stereocenters. The van der Waals surface area contributed by atoms with Gasteiger partial charge in [-0.3, -0.25) is 9.36 Å². The summed E-state index contributed by atoms with van der Waals surface area (Å²) in [7, 11) is 3.11. The number of para-hydroxylation sites is 4. The third kappa shape index (κ3) is 3.29. The third-order valence-corrected chi connectivity index (χ3v) is 5.12. The van der Waals surface area contributed by atoms with Gasteiger partial charge < -0.3 is 20.5 Å². The second kappa shape index (κ2) is 7.59. The van der Waals surface area contributed by atoms with E-state index in [0.717, 1.165) is 11.3 Å². The Morgan fingerprint density at radius 3 is 2.38 bits per heavy atom. The molecule has 1 heterocycles. The molecule has 8 heteroatoms. The Morgan fingerprint density at radius 2 is 1.69 bits per heavy atom. The number of carbonyl (C=O) groups excluding carboxylic acids is 1. The molecule has 0 saturated carbocycles. The van der Waals surface area contributed by atoms with Crippen LogP contribution in [0.2, 0.25) is 0 Å². The highest BCUT2D eigenvalue weighted by molar-refractivity contribution is 7.73. The molecule has 3 rings (SSSR count). The normalized spacial score (nSPS) is 10.4. The quantitative estimate of drug-likeness (QED) is 0.644. The minimum atomic E-state index is -0.350. The Bertz CT molecular complexity index is 1010. The fraction of sp³-hybridized carbons (Fsp3) is 0.111. The summed E-state index contributed by atoms with van der Waals surface area (Å²) in [5, 5.41) is 2.81. The number of aromatic nitrogens is 1. The number of nitrogens with one attached hydrogen (secondary N) is 1. The first-order valence-electron chi connectivity index (χ1n) is 7.66. The Hall–Kier alpha value is -2.84. The molecule has 0 radical (unpaired) electrons. The van der Waals surface area contributed by atoms with Crippen LogP contribution in [0.15, 0.2) is 48.5 Å². The average Bonchev–Trinajstić information content (AvgIpc) is 2.96. The van der Waals surface area contributed by atoms with Crippen LogP contribution in [0.4, 0.5) is 11.5 Å². The predicted octanol–water partition coefficient (Wildman–Crippen LogP) is 4.12. The van der Waals surface area contributed by atoms with Gasteiger partial charge in [-0.05, 0) is 36.5 Å². The largest absolute Gasteiger partial charge is 0.495 e. The number of hydrogen-bond donors (Lipinski definition) is 2. The van der Waals surface area contributed by atoms with Crippen molar-refractivity contribution in [1.29, 1.82) is 0 Å². The minimum Gasteiger partial charge on any atom is -0.495 e. The number of hydrogen-bond acceptors (Lipinski definition) is 6. The molecule has 0 aliphatic rings. The van der Waals surface area contributed by atoms with Gasteiger partial charge in [-0.1, -0.05) is 35.6 Å². The Kier molecular flexibility index (Phi) is 5.24. The molecule has 2 aromatic carbocycles. The number of methoxy groups -OCH3 is 2. The number of rotatable bonds is 5. The first kappa shape index (κ1) is 18.0. The SMILES string of the molecule is COc1ccccc1NC(=O)c1sc(=S)n(-c2ccccc2OC)c1N. The summed E-state index contributed by atoms with van der Waals surface area (Å²) >= 11 is 6.56. The maximum Gasteiger partial charge on any atom is 0.269 e. The zero-order chi connectivity index (χ0) is 18.7. The molecular formula is C18H17N3O3S2. The lowest BCUT2D eigenvalue weighted by Crippen LogP contribution is -2.14. The number of thiazole rings is 1. The smallest absolute Gasteiger partial charge is 0.269 e. The van der Waals surface area contributed by atoms with Crippen LogP contribution >= 0.6 is 23.6 Å². The number of amides is 1. The summed E-state index contributed by atoms with van der Waals surface area (Å²) in [5.41, 5.74) is 7.49. The molecule has 0 saturated heterocycles. The van der Waals surface area contributed by atoms with Crippen molar-refractivity contribution in [2.75, 3.05) is 25.3 Å². The lowest BCUT2D eigenvalue weighted by Gasteiger charge is -2.11. The first-order chi connectivity index (χ1) is 12.6. The van der Waals surface area contributed by atoms with Gasteiger partial charge in [-0.2, -0.15) is 0 Å². The van der Waals surface area contributed by atoms with Crippen LogP contribution in [0.25, 0.3) is 5.69 Å². The van der Waals surface area contributed by atoms with Gasteiger partial charge in [0.25, 0.3) is 5.91 Å². The van der Waals surface area contributed by atoms with Gasteiger partial charge in [0, 0.05) is 0 Å². The summed E-state index contributed by atoms with van der Waals surface area (Å²) in [6, 6.07) is 14.5. The van der Waals surface area contributed by atoms with Crippen LogP contribution in [-0.2, 0) is 0 Å². The minimum absolute atomic E-state index is 0.261. The number of nitrogen functional groups attached to an aromatic ring is 1. The number of benzene rings is 2. The molecule has 0 fully saturated rings. The number of nitrogens with two attached hydrogens (primary N) is 1. The van der Waals surface area contributed by atoms with Crippen molar-refractivity contribution >= 4 is 41.0 Å². The summed E-state index contributed by atoms with van der Waals surface area (Å²) in [6.45, 7) is 0. The number of anilines is 2. The Labute approximate surface area is 159 Å². The number of carbonyl (C=O) groups is 1. The molecule has 3 N–H and O–H groups in total. The summed E-state index contributed by atoms with van der Waals surface area (Å²) in [5.74, 6) is 1.09. The van der Waals surface area contributed by atoms with E-state index in [1.54, 1.807) is 30.9 Å². The van der Waals surface area contributed by atoms with Gasteiger partial charge in [-0.25, -0.2) is 0 Å². The van der Waals surface area contributed by atoms with Crippen molar-refractivity contribution in [2.45, 2.75) is 0 Å². The summed E-state index contributed by atoms with van der Waals surface area (Å²) < 4.78 is 12.7. The molecular weight excluding hydrogens is 370 g/mol. The Balaban J connectivity index is 2.00. The maximum absolute atomic E-state index is 12.7. The number of nitrogens with zero attached hydrogens (tertiary/aromatic N) is 1. The second-order valence-electron chi connectivity index (χ2n) is 5.24. The van der Waals surface area contributed by atoms with Crippen molar-refractivity contribution in [1.82, 2.24) is 4.57 Å². The molecule has 134 valence electrons. The van der Waals surface area contributed by atoms with E-state index in [4.69, 9.17) is 27.4 Å². The van der Waals surface area contributed by atoms with Gasteiger partial charge in [0.2, 0.25) is 0 Å². The molecule has 0 aliphatic heterocycles. The van der Waals surface area contributed by atoms with Crippen LogP contribution in [0.5, 0.6) is 11.5 Å². The zero-order valence-corrected chi connectivity index (χ0v) is 15.8. The van der Waals surface area contributed by atoms with E-state index in [1.165, 1.54) is 0 Å². The molecule has 0 bridgehead atoms. The fourth-order valence-electron chi connectivity index (χ4n) is 2.52. The van der Waals surface area contributed by atoms with Gasteiger partial charge in [0.1, 0.15) is 22.2 Å². The van der Waals surface area contributed by atoms with Crippen LogP contribution in [0.3, 0.4) is 0 Å².